The molecule has 96 valence electrons. The Morgan fingerprint density at radius 3 is 2.35 bits per heavy atom. The third-order valence-electron chi connectivity index (χ3n) is 1.65. The molecule has 0 fully saturated rings. The number of alkyl halides is 5. The van der Waals surface area contributed by atoms with Crippen molar-refractivity contribution in [1.82, 2.24) is 4.98 Å². The van der Waals surface area contributed by atoms with Crippen LogP contribution in [0.25, 0.3) is 0 Å². The van der Waals surface area contributed by atoms with Crippen LogP contribution in [0.3, 0.4) is 0 Å². The number of aromatic nitrogens is 1. The second kappa shape index (κ2) is 4.60. The fraction of sp³-hybridized carbons (Fsp3) is 0.375. The van der Waals surface area contributed by atoms with Crippen LogP contribution in [0.1, 0.15) is 12.0 Å². The van der Waals surface area contributed by atoms with Gasteiger partial charge in [-0.1, -0.05) is 0 Å². The number of hydrogen-bond donors (Lipinski definition) is 1. The van der Waals surface area contributed by atoms with Gasteiger partial charge in [-0.25, -0.2) is 13.8 Å². The minimum atomic E-state index is -5.10. The quantitative estimate of drug-likeness (QED) is 0.848. The zero-order valence-corrected chi connectivity index (χ0v) is 8.26. The van der Waals surface area contributed by atoms with E-state index in [2.05, 4.69) is 14.5 Å². The van der Waals surface area contributed by atoms with E-state index in [0.717, 1.165) is 7.11 Å². The summed E-state index contributed by atoms with van der Waals surface area (Å²) in [6, 6.07) is 0. The SMILES string of the molecule is COc1c(OC(F)(F)F)ncc(O)c1C(F)F. The first-order chi connectivity index (χ1) is 7.76. The number of nitrogens with zero attached hydrogens (tertiary/aromatic N) is 1. The maximum absolute atomic E-state index is 12.5. The summed E-state index contributed by atoms with van der Waals surface area (Å²) in [6.07, 6.45) is -7.91. The normalized spacial score (nSPS) is 11.7. The molecule has 1 aromatic rings. The predicted molar refractivity (Wildman–Crippen MR) is 44.1 cm³/mol. The van der Waals surface area contributed by atoms with Gasteiger partial charge in [-0.15, -0.1) is 13.2 Å². The lowest BCUT2D eigenvalue weighted by molar-refractivity contribution is -0.276. The fourth-order valence-corrected chi connectivity index (χ4v) is 1.07. The zero-order chi connectivity index (χ0) is 13.2. The predicted octanol–water partition coefficient (Wildman–Crippen LogP) is 2.63. The molecule has 0 aliphatic heterocycles. The van der Waals surface area contributed by atoms with Gasteiger partial charge in [0.25, 0.3) is 12.3 Å². The van der Waals surface area contributed by atoms with Crippen LogP contribution in [0.4, 0.5) is 22.0 Å². The van der Waals surface area contributed by atoms with E-state index in [1.165, 1.54) is 0 Å². The summed E-state index contributed by atoms with van der Waals surface area (Å²) < 4.78 is 68.5. The molecule has 0 aliphatic rings. The maximum atomic E-state index is 12.5. The molecule has 0 bridgehead atoms. The summed E-state index contributed by atoms with van der Waals surface area (Å²) in [5.41, 5.74) is -1.11. The second-order valence-electron chi connectivity index (χ2n) is 2.74. The molecule has 0 aromatic carbocycles. The van der Waals surface area contributed by atoms with Crippen LogP contribution < -0.4 is 9.47 Å². The topological polar surface area (TPSA) is 51.6 Å². The van der Waals surface area contributed by atoms with Crippen LogP contribution in [0, 0.1) is 0 Å². The zero-order valence-electron chi connectivity index (χ0n) is 8.26. The van der Waals surface area contributed by atoms with Crippen molar-refractivity contribution in [1.29, 1.82) is 0 Å². The number of methoxy groups -OCH3 is 1. The van der Waals surface area contributed by atoms with Crippen LogP contribution >= 0.6 is 0 Å². The van der Waals surface area contributed by atoms with Crippen molar-refractivity contribution >= 4 is 0 Å². The molecule has 4 nitrogen and oxygen atoms in total. The average molecular weight is 259 g/mol. The van der Waals surface area contributed by atoms with E-state index in [1.54, 1.807) is 0 Å². The third kappa shape index (κ3) is 3.08. The summed E-state index contributed by atoms with van der Waals surface area (Å²) >= 11 is 0. The lowest BCUT2D eigenvalue weighted by Crippen LogP contribution is -2.18. The van der Waals surface area contributed by atoms with Gasteiger partial charge in [-0.05, 0) is 0 Å². The molecule has 1 rings (SSSR count). The number of rotatable bonds is 3. The molecule has 1 heterocycles. The Hall–Kier alpha value is -1.80. The largest absolute Gasteiger partial charge is 0.574 e. The molecule has 17 heavy (non-hydrogen) atoms. The summed E-state index contributed by atoms with van der Waals surface area (Å²) in [5.74, 6) is -3.13. The van der Waals surface area contributed by atoms with Gasteiger partial charge in [0.05, 0.1) is 13.3 Å². The van der Waals surface area contributed by atoms with E-state index in [-0.39, 0.29) is 0 Å². The highest BCUT2D eigenvalue weighted by atomic mass is 19.4. The lowest BCUT2D eigenvalue weighted by Gasteiger charge is -2.14. The molecule has 0 radical (unpaired) electrons. The van der Waals surface area contributed by atoms with Gasteiger partial charge in [-0.3, -0.25) is 0 Å². The van der Waals surface area contributed by atoms with Crippen LogP contribution in [0.2, 0.25) is 0 Å². The van der Waals surface area contributed by atoms with E-state index in [0.29, 0.717) is 6.20 Å². The number of aromatic hydroxyl groups is 1. The van der Waals surface area contributed by atoms with Crippen LogP contribution in [-0.2, 0) is 0 Å². The van der Waals surface area contributed by atoms with Crippen molar-refractivity contribution in [2.45, 2.75) is 12.8 Å². The summed E-state index contributed by atoms with van der Waals surface area (Å²) in [5, 5.41) is 9.06. The first-order valence-corrected chi connectivity index (χ1v) is 4.06. The second-order valence-corrected chi connectivity index (χ2v) is 2.74. The van der Waals surface area contributed by atoms with Crippen LogP contribution in [0.5, 0.6) is 17.4 Å². The first kappa shape index (κ1) is 13.3. The Kier molecular flexibility index (Phi) is 3.59. The molecule has 0 saturated heterocycles. The van der Waals surface area contributed by atoms with Gasteiger partial charge >= 0.3 is 6.36 Å². The van der Waals surface area contributed by atoms with Gasteiger partial charge in [0.1, 0.15) is 11.3 Å². The summed E-state index contributed by atoms with van der Waals surface area (Å²) in [4.78, 5) is 3.03. The molecule has 0 saturated carbocycles. The van der Waals surface area contributed by atoms with Crippen molar-refractivity contribution in [3.63, 3.8) is 0 Å². The number of hydrogen-bond acceptors (Lipinski definition) is 4. The van der Waals surface area contributed by atoms with E-state index >= 15 is 0 Å². The monoisotopic (exact) mass is 259 g/mol. The van der Waals surface area contributed by atoms with Crippen molar-refractivity contribution in [3.05, 3.63) is 11.8 Å². The minimum absolute atomic E-state index is 0.422. The van der Waals surface area contributed by atoms with E-state index in [9.17, 15) is 22.0 Å². The van der Waals surface area contributed by atoms with Gasteiger partial charge in [0.2, 0.25) is 0 Å². The fourth-order valence-electron chi connectivity index (χ4n) is 1.07. The molecule has 0 unspecified atom stereocenters. The van der Waals surface area contributed by atoms with Gasteiger partial charge in [-0.2, -0.15) is 0 Å². The van der Waals surface area contributed by atoms with E-state index in [4.69, 9.17) is 5.11 Å². The maximum Gasteiger partial charge on any atom is 0.574 e. The average Bonchev–Trinajstić information content (AvgIpc) is 2.17. The molecule has 1 aromatic heterocycles. The van der Waals surface area contributed by atoms with Crippen molar-refractivity contribution in [3.8, 4) is 17.4 Å². The summed E-state index contributed by atoms with van der Waals surface area (Å²) in [6.45, 7) is 0. The molecule has 1 N–H and O–H groups in total. The highest BCUT2D eigenvalue weighted by molar-refractivity contribution is 5.49. The molecule has 0 amide bonds. The van der Waals surface area contributed by atoms with E-state index < -0.39 is 35.7 Å². The highest BCUT2D eigenvalue weighted by Crippen LogP contribution is 2.42. The Bertz CT molecular complexity index is 407. The lowest BCUT2D eigenvalue weighted by atomic mass is 10.2. The first-order valence-electron chi connectivity index (χ1n) is 4.06. The van der Waals surface area contributed by atoms with Gasteiger partial charge in [0.15, 0.2) is 5.75 Å². The molecule has 0 atom stereocenters. The molecule has 0 aliphatic carbocycles. The van der Waals surface area contributed by atoms with Crippen molar-refractivity contribution in [2.24, 2.45) is 0 Å². The molecular weight excluding hydrogens is 253 g/mol. The Morgan fingerprint density at radius 2 is 1.94 bits per heavy atom. The smallest absolute Gasteiger partial charge is 0.506 e. The number of halogens is 5. The van der Waals surface area contributed by atoms with Gasteiger partial charge < -0.3 is 14.6 Å². The standard InChI is InChI=1S/C8H6F5NO3/c1-16-5-4(6(9)10)3(15)2-14-7(5)17-8(11,12)13/h2,6,15H,1H3. The molecule has 0 spiro atoms. The van der Waals surface area contributed by atoms with Crippen molar-refractivity contribution < 1.29 is 36.5 Å². The van der Waals surface area contributed by atoms with Crippen molar-refractivity contribution in [2.75, 3.05) is 7.11 Å². The van der Waals surface area contributed by atoms with E-state index in [1.807, 2.05) is 0 Å². The molecular formula is C8H6F5NO3. The Balaban J connectivity index is 3.28. The summed E-state index contributed by atoms with van der Waals surface area (Å²) in [7, 11) is 0.853. The van der Waals surface area contributed by atoms with Crippen LogP contribution in [0.15, 0.2) is 6.20 Å². The number of pyridine rings is 1. The molecule has 9 heteroatoms. The Labute approximate surface area is 91.6 Å². The minimum Gasteiger partial charge on any atom is -0.506 e. The third-order valence-corrected chi connectivity index (χ3v) is 1.65. The number of ether oxygens (including phenoxy) is 2. The van der Waals surface area contributed by atoms with Gasteiger partial charge in [0, 0.05) is 0 Å². The highest BCUT2D eigenvalue weighted by Gasteiger charge is 2.35. The Morgan fingerprint density at radius 1 is 1.35 bits per heavy atom. The van der Waals surface area contributed by atoms with Crippen LogP contribution in [-0.4, -0.2) is 23.6 Å².